The molecule has 0 aromatic carbocycles. The third kappa shape index (κ3) is 8.12. The maximum Gasteiger partial charge on any atom is 0.225 e. The molecule has 0 bridgehead atoms. The molecule has 1 aromatic heterocycles. The lowest BCUT2D eigenvalue weighted by Gasteiger charge is -2.36. The molecule has 2 heterocycles. The molecule has 1 N–H and O–H groups in total. The zero-order chi connectivity index (χ0) is 19.3. The molecule has 0 spiro atoms. The average Bonchev–Trinajstić information content (AvgIpc) is 2.70. The molecular weight excluding hydrogens is 338 g/mol. The van der Waals surface area contributed by atoms with Crippen molar-refractivity contribution in [3.63, 3.8) is 0 Å². The second-order valence-electron chi connectivity index (χ2n) is 7.33. The molecule has 7 nitrogen and oxygen atoms in total. The quantitative estimate of drug-likeness (QED) is 0.384. The highest BCUT2D eigenvalue weighted by Crippen LogP contribution is 2.10. The first-order valence-electron chi connectivity index (χ1n) is 10.4. The fraction of sp³-hybridized carbons (Fsp3) is 0.750. The van der Waals surface area contributed by atoms with Crippen LogP contribution in [0.3, 0.4) is 0 Å². The molecule has 152 valence electrons. The number of guanidine groups is 1. The first-order chi connectivity index (χ1) is 13.2. The van der Waals surface area contributed by atoms with Crippen molar-refractivity contribution >= 4 is 11.9 Å². The van der Waals surface area contributed by atoms with Crippen LogP contribution in [0.1, 0.15) is 39.0 Å². The second kappa shape index (κ2) is 12.5. The van der Waals surface area contributed by atoms with Gasteiger partial charge in [0, 0.05) is 51.7 Å². The summed E-state index contributed by atoms with van der Waals surface area (Å²) in [4.78, 5) is 20.4. The van der Waals surface area contributed by atoms with Crippen LogP contribution in [0.5, 0.6) is 0 Å². The summed E-state index contributed by atoms with van der Waals surface area (Å²) in [7, 11) is 4.29. The number of piperazine rings is 1. The number of unbranched alkanes of at least 4 members (excludes halogenated alkanes) is 4. The summed E-state index contributed by atoms with van der Waals surface area (Å²) in [5.41, 5.74) is 0. The van der Waals surface area contributed by atoms with E-state index in [1.165, 1.54) is 38.6 Å². The molecule has 0 amide bonds. The van der Waals surface area contributed by atoms with E-state index in [1.807, 2.05) is 6.07 Å². The van der Waals surface area contributed by atoms with Gasteiger partial charge in [-0.3, -0.25) is 4.99 Å². The summed E-state index contributed by atoms with van der Waals surface area (Å²) in [6.07, 6.45) is 10.0. The molecule has 2 rings (SSSR count). The SMILES string of the molecule is CCNC(=NCCCCCCCN(C)C)N1CCN(c2ncccn2)CC1. The van der Waals surface area contributed by atoms with E-state index in [9.17, 15) is 0 Å². The predicted octanol–water partition coefficient (Wildman–Crippen LogP) is 2.08. The molecule has 27 heavy (non-hydrogen) atoms. The van der Waals surface area contributed by atoms with Gasteiger partial charge in [0.05, 0.1) is 0 Å². The minimum Gasteiger partial charge on any atom is -0.357 e. The summed E-state index contributed by atoms with van der Waals surface area (Å²) in [6.45, 7) is 8.92. The highest BCUT2D eigenvalue weighted by molar-refractivity contribution is 5.80. The summed E-state index contributed by atoms with van der Waals surface area (Å²) in [5.74, 6) is 1.88. The number of anilines is 1. The number of hydrogen-bond donors (Lipinski definition) is 1. The highest BCUT2D eigenvalue weighted by atomic mass is 15.4. The molecule has 0 unspecified atom stereocenters. The van der Waals surface area contributed by atoms with Gasteiger partial charge in [0.2, 0.25) is 5.95 Å². The molecule has 0 aliphatic carbocycles. The van der Waals surface area contributed by atoms with Crippen molar-refractivity contribution in [2.45, 2.75) is 39.0 Å². The van der Waals surface area contributed by atoms with Gasteiger partial charge >= 0.3 is 0 Å². The Morgan fingerprint density at radius 3 is 2.37 bits per heavy atom. The molecule has 1 aliphatic heterocycles. The lowest BCUT2D eigenvalue weighted by molar-refractivity contribution is 0.370. The van der Waals surface area contributed by atoms with Gasteiger partial charge in [-0.2, -0.15) is 0 Å². The Morgan fingerprint density at radius 2 is 1.70 bits per heavy atom. The highest BCUT2D eigenvalue weighted by Gasteiger charge is 2.20. The molecule has 0 radical (unpaired) electrons. The molecule has 1 fully saturated rings. The van der Waals surface area contributed by atoms with Gasteiger partial charge in [-0.1, -0.05) is 19.3 Å². The Morgan fingerprint density at radius 1 is 1.04 bits per heavy atom. The summed E-state index contributed by atoms with van der Waals surface area (Å²) < 4.78 is 0. The van der Waals surface area contributed by atoms with E-state index in [2.05, 4.69) is 51.0 Å². The molecule has 1 aliphatic rings. The van der Waals surface area contributed by atoms with Crippen LogP contribution >= 0.6 is 0 Å². The average molecular weight is 376 g/mol. The topological polar surface area (TPSA) is 59.9 Å². The Hall–Kier alpha value is -1.89. The third-order valence-electron chi connectivity index (χ3n) is 4.77. The van der Waals surface area contributed by atoms with Gasteiger partial charge in [0.15, 0.2) is 5.96 Å². The van der Waals surface area contributed by atoms with Crippen molar-refractivity contribution in [3.8, 4) is 0 Å². The van der Waals surface area contributed by atoms with Crippen LogP contribution in [0, 0.1) is 0 Å². The van der Waals surface area contributed by atoms with Crippen LogP contribution in [0.4, 0.5) is 5.95 Å². The van der Waals surface area contributed by atoms with E-state index in [-0.39, 0.29) is 0 Å². The summed E-state index contributed by atoms with van der Waals surface area (Å²) in [5, 5.41) is 3.45. The normalized spacial score (nSPS) is 15.5. The minimum atomic E-state index is 0.827. The lowest BCUT2D eigenvalue weighted by atomic mass is 10.1. The monoisotopic (exact) mass is 375 g/mol. The van der Waals surface area contributed by atoms with Crippen LogP contribution in [0.25, 0.3) is 0 Å². The Balaban J connectivity index is 1.69. The van der Waals surface area contributed by atoms with Crippen molar-refractivity contribution in [1.29, 1.82) is 0 Å². The second-order valence-corrected chi connectivity index (χ2v) is 7.33. The van der Waals surface area contributed by atoms with Crippen LogP contribution in [-0.2, 0) is 0 Å². The first-order valence-corrected chi connectivity index (χ1v) is 10.4. The number of nitrogens with zero attached hydrogens (tertiary/aromatic N) is 6. The van der Waals surface area contributed by atoms with E-state index in [1.54, 1.807) is 12.4 Å². The lowest BCUT2D eigenvalue weighted by Crippen LogP contribution is -2.53. The number of rotatable bonds is 10. The van der Waals surface area contributed by atoms with Crippen molar-refractivity contribution in [2.24, 2.45) is 4.99 Å². The fourth-order valence-electron chi connectivity index (χ4n) is 3.25. The van der Waals surface area contributed by atoms with Gasteiger partial charge in [-0.05, 0) is 46.5 Å². The van der Waals surface area contributed by atoms with E-state index in [4.69, 9.17) is 4.99 Å². The maximum absolute atomic E-state index is 4.85. The van der Waals surface area contributed by atoms with Crippen molar-refractivity contribution < 1.29 is 0 Å². The maximum atomic E-state index is 4.85. The molecule has 1 aromatic rings. The molecule has 7 heteroatoms. The van der Waals surface area contributed by atoms with Gasteiger partial charge in [-0.15, -0.1) is 0 Å². The van der Waals surface area contributed by atoms with Crippen LogP contribution in [0.2, 0.25) is 0 Å². The predicted molar refractivity (Wildman–Crippen MR) is 113 cm³/mol. The van der Waals surface area contributed by atoms with Gasteiger partial charge in [0.25, 0.3) is 0 Å². The molecule has 0 saturated carbocycles. The van der Waals surface area contributed by atoms with Crippen LogP contribution < -0.4 is 10.2 Å². The molecular formula is C20H37N7. The van der Waals surface area contributed by atoms with Crippen LogP contribution in [-0.4, -0.2) is 85.6 Å². The molecule has 0 atom stereocenters. The number of hydrogen-bond acceptors (Lipinski definition) is 5. The van der Waals surface area contributed by atoms with Gasteiger partial charge < -0.3 is 20.0 Å². The van der Waals surface area contributed by atoms with Crippen LogP contribution in [0.15, 0.2) is 23.5 Å². The first kappa shape index (κ1) is 21.4. The number of aromatic nitrogens is 2. The van der Waals surface area contributed by atoms with Gasteiger partial charge in [0.1, 0.15) is 0 Å². The fourth-order valence-corrected chi connectivity index (χ4v) is 3.25. The van der Waals surface area contributed by atoms with E-state index in [0.29, 0.717) is 0 Å². The zero-order valence-electron chi connectivity index (χ0n) is 17.4. The minimum absolute atomic E-state index is 0.827. The zero-order valence-corrected chi connectivity index (χ0v) is 17.4. The number of nitrogens with one attached hydrogen (secondary N) is 1. The van der Waals surface area contributed by atoms with E-state index >= 15 is 0 Å². The smallest absolute Gasteiger partial charge is 0.225 e. The standard InChI is InChI=1S/C20H37N7/c1-4-21-19(22-11-8-6-5-7-9-14-25(2)3)26-15-17-27(18-16-26)20-23-12-10-13-24-20/h10,12-13H,4-9,11,14-18H2,1-3H3,(H,21,22). The number of aliphatic imine (C=N–C) groups is 1. The molecule has 1 saturated heterocycles. The van der Waals surface area contributed by atoms with Crippen molar-refractivity contribution in [3.05, 3.63) is 18.5 Å². The van der Waals surface area contributed by atoms with Gasteiger partial charge in [-0.25, -0.2) is 9.97 Å². The summed E-state index contributed by atoms with van der Waals surface area (Å²) in [6, 6.07) is 1.86. The third-order valence-corrected chi connectivity index (χ3v) is 4.77. The Labute approximate surface area is 164 Å². The van der Waals surface area contributed by atoms with Crippen molar-refractivity contribution in [2.75, 3.05) is 64.8 Å². The van der Waals surface area contributed by atoms with Crippen molar-refractivity contribution in [1.82, 2.24) is 25.1 Å². The Kier molecular flexibility index (Phi) is 9.90. The largest absolute Gasteiger partial charge is 0.357 e. The Bertz CT molecular complexity index is 524. The van der Waals surface area contributed by atoms with E-state index < -0.39 is 0 Å². The van der Waals surface area contributed by atoms with E-state index in [0.717, 1.165) is 51.2 Å². The summed E-state index contributed by atoms with van der Waals surface area (Å²) >= 11 is 0.